The quantitative estimate of drug-likeness (QED) is 0.479. The number of nitrogens with one attached hydrogen (secondary N) is 1. The standard InChI is InChI=1S/C23H33NO4/c1-4-26-21(19-12-14-20(25-3)15-13-19)11-8-16-24-17-18-28-23-10-7-6-9-22(23)27-5-2/h6-7,9-10,12-15,21,24H,4-5,8,11,16-18H2,1-3H3. The zero-order valence-corrected chi connectivity index (χ0v) is 17.3. The molecule has 5 nitrogen and oxygen atoms in total. The average Bonchev–Trinajstić information content (AvgIpc) is 2.73. The molecule has 1 N–H and O–H groups in total. The molecular formula is C23H33NO4. The van der Waals surface area contributed by atoms with Crippen LogP contribution in [0.2, 0.25) is 0 Å². The molecule has 0 amide bonds. The van der Waals surface area contributed by atoms with Crippen molar-refractivity contribution in [2.45, 2.75) is 32.8 Å². The maximum atomic E-state index is 5.92. The van der Waals surface area contributed by atoms with Gasteiger partial charge in [-0.2, -0.15) is 0 Å². The van der Waals surface area contributed by atoms with Crippen molar-refractivity contribution < 1.29 is 18.9 Å². The first-order chi connectivity index (χ1) is 13.8. The van der Waals surface area contributed by atoms with Crippen LogP contribution in [0.1, 0.15) is 38.4 Å². The molecule has 154 valence electrons. The van der Waals surface area contributed by atoms with Crippen molar-refractivity contribution >= 4 is 0 Å². The summed E-state index contributed by atoms with van der Waals surface area (Å²) < 4.78 is 22.5. The molecule has 0 saturated heterocycles. The molecule has 0 saturated carbocycles. The number of hydrogen-bond acceptors (Lipinski definition) is 5. The Labute approximate surface area is 169 Å². The van der Waals surface area contributed by atoms with Crippen molar-refractivity contribution in [3.63, 3.8) is 0 Å². The molecule has 2 aromatic carbocycles. The predicted octanol–water partition coefficient (Wildman–Crippen LogP) is 4.62. The van der Waals surface area contributed by atoms with Crippen molar-refractivity contribution in [2.75, 3.05) is 40.0 Å². The predicted molar refractivity (Wildman–Crippen MR) is 113 cm³/mol. The van der Waals surface area contributed by atoms with Crippen molar-refractivity contribution in [1.82, 2.24) is 5.32 Å². The van der Waals surface area contributed by atoms with Crippen LogP contribution in [0, 0.1) is 0 Å². The highest BCUT2D eigenvalue weighted by Gasteiger charge is 2.11. The second kappa shape index (κ2) is 13.0. The van der Waals surface area contributed by atoms with Crippen LogP contribution in [0.3, 0.4) is 0 Å². The van der Waals surface area contributed by atoms with Crippen LogP contribution in [-0.2, 0) is 4.74 Å². The van der Waals surface area contributed by atoms with Crippen LogP contribution in [0.4, 0.5) is 0 Å². The monoisotopic (exact) mass is 387 g/mol. The van der Waals surface area contributed by atoms with Gasteiger partial charge in [-0.25, -0.2) is 0 Å². The van der Waals surface area contributed by atoms with E-state index >= 15 is 0 Å². The van der Waals surface area contributed by atoms with Crippen LogP contribution < -0.4 is 19.5 Å². The van der Waals surface area contributed by atoms with E-state index in [4.69, 9.17) is 18.9 Å². The van der Waals surface area contributed by atoms with Crippen LogP contribution in [0.15, 0.2) is 48.5 Å². The normalized spacial score (nSPS) is 11.8. The molecule has 0 aromatic heterocycles. The Hall–Kier alpha value is -2.24. The third-order valence-corrected chi connectivity index (χ3v) is 4.36. The summed E-state index contributed by atoms with van der Waals surface area (Å²) in [6.07, 6.45) is 2.12. The highest BCUT2D eigenvalue weighted by Crippen LogP contribution is 2.26. The van der Waals surface area contributed by atoms with Gasteiger partial charge in [0.1, 0.15) is 12.4 Å². The third-order valence-electron chi connectivity index (χ3n) is 4.36. The van der Waals surface area contributed by atoms with E-state index in [9.17, 15) is 0 Å². The van der Waals surface area contributed by atoms with Crippen LogP contribution >= 0.6 is 0 Å². The topological polar surface area (TPSA) is 49.0 Å². The van der Waals surface area contributed by atoms with Crippen LogP contribution in [0.5, 0.6) is 17.2 Å². The van der Waals surface area contributed by atoms with E-state index in [-0.39, 0.29) is 6.10 Å². The van der Waals surface area contributed by atoms with Gasteiger partial charge in [0, 0.05) is 13.2 Å². The first-order valence-corrected chi connectivity index (χ1v) is 10.1. The second-order valence-corrected chi connectivity index (χ2v) is 6.34. The van der Waals surface area contributed by atoms with Gasteiger partial charge in [0.2, 0.25) is 0 Å². The molecule has 1 unspecified atom stereocenters. The first kappa shape index (κ1) is 22.1. The fourth-order valence-electron chi connectivity index (χ4n) is 2.98. The first-order valence-electron chi connectivity index (χ1n) is 10.1. The molecular weight excluding hydrogens is 354 g/mol. The zero-order valence-electron chi connectivity index (χ0n) is 17.3. The summed E-state index contributed by atoms with van der Waals surface area (Å²) in [4.78, 5) is 0. The van der Waals surface area contributed by atoms with E-state index in [1.807, 2.05) is 50.2 Å². The maximum Gasteiger partial charge on any atom is 0.161 e. The van der Waals surface area contributed by atoms with Gasteiger partial charge in [0.15, 0.2) is 11.5 Å². The van der Waals surface area contributed by atoms with Crippen LogP contribution in [-0.4, -0.2) is 40.0 Å². The van der Waals surface area contributed by atoms with Crippen LogP contribution in [0.25, 0.3) is 0 Å². The minimum Gasteiger partial charge on any atom is -0.497 e. The van der Waals surface area contributed by atoms with E-state index in [1.165, 1.54) is 5.56 Å². The number of ether oxygens (including phenoxy) is 4. The van der Waals surface area contributed by atoms with Gasteiger partial charge in [-0.1, -0.05) is 24.3 Å². The Morgan fingerprint density at radius 2 is 1.57 bits per heavy atom. The number of para-hydroxylation sites is 2. The van der Waals surface area contributed by atoms with Crippen molar-refractivity contribution in [2.24, 2.45) is 0 Å². The smallest absolute Gasteiger partial charge is 0.161 e. The molecule has 2 aromatic rings. The Morgan fingerprint density at radius 1 is 0.857 bits per heavy atom. The summed E-state index contributed by atoms with van der Waals surface area (Å²) in [6.45, 7) is 7.67. The van der Waals surface area contributed by atoms with Crippen molar-refractivity contribution in [3.8, 4) is 17.2 Å². The second-order valence-electron chi connectivity index (χ2n) is 6.34. The maximum absolute atomic E-state index is 5.92. The number of hydrogen-bond donors (Lipinski definition) is 1. The average molecular weight is 388 g/mol. The number of methoxy groups -OCH3 is 1. The van der Waals surface area contributed by atoms with Gasteiger partial charge in [-0.3, -0.25) is 0 Å². The molecule has 0 aliphatic heterocycles. The van der Waals surface area contributed by atoms with E-state index in [1.54, 1.807) is 7.11 Å². The SMILES string of the molecule is CCOc1ccccc1OCCNCCCC(OCC)c1ccc(OC)cc1. The van der Waals surface area contributed by atoms with E-state index in [0.717, 1.165) is 43.2 Å². The molecule has 0 bridgehead atoms. The van der Waals surface area contributed by atoms with E-state index < -0.39 is 0 Å². The largest absolute Gasteiger partial charge is 0.497 e. The molecule has 28 heavy (non-hydrogen) atoms. The Bertz CT molecular complexity index is 660. The summed E-state index contributed by atoms with van der Waals surface area (Å²) in [6, 6.07) is 15.9. The lowest BCUT2D eigenvalue weighted by molar-refractivity contribution is 0.0547. The summed E-state index contributed by atoms with van der Waals surface area (Å²) in [5.74, 6) is 2.46. The van der Waals surface area contributed by atoms with Gasteiger partial charge < -0.3 is 24.3 Å². The van der Waals surface area contributed by atoms with Crippen molar-refractivity contribution in [1.29, 1.82) is 0 Å². The Balaban J connectivity index is 1.66. The number of benzene rings is 2. The molecule has 0 aliphatic rings. The molecule has 0 fully saturated rings. The molecule has 1 atom stereocenters. The van der Waals surface area contributed by atoms with E-state index in [2.05, 4.69) is 17.4 Å². The summed E-state index contributed by atoms with van der Waals surface area (Å²) in [7, 11) is 1.68. The number of rotatable bonds is 14. The highest BCUT2D eigenvalue weighted by atomic mass is 16.5. The Morgan fingerprint density at radius 3 is 2.21 bits per heavy atom. The lowest BCUT2D eigenvalue weighted by atomic mass is 10.0. The lowest BCUT2D eigenvalue weighted by Crippen LogP contribution is -2.22. The minimum atomic E-state index is 0.118. The zero-order chi connectivity index (χ0) is 20.0. The molecule has 0 aliphatic carbocycles. The summed E-state index contributed by atoms with van der Waals surface area (Å²) in [5, 5.41) is 3.43. The molecule has 0 heterocycles. The van der Waals surface area contributed by atoms with E-state index in [0.29, 0.717) is 19.8 Å². The summed E-state index contributed by atoms with van der Waals surface area (Å²) >= 11 is 0. The third kappa shape index (κ3) is 7.41. The van der Waals surface area contributed by atoms with Crippen molar-refractivity contribution in [3.05, 3.63) is 54.1 Å². The fraction of sp³-hybridized carbons (Fsp3) is 0.478. The minimum absolute atomic E-state index is 0.118. The lowest BCUT2D eigenvalue weighted by Gasteiger charge is -2.18. The van der Waals surface area contributed by atoms with Gasteiger partial charge in [-0.05, 0) is 63.1 Å². The van der Waals surface area contributed by atoms with Gasteiger partial charge in [0.25, 0.3) is 0 Å². The van der Waals surface area contributed by atoms with Gasteiger partial charge in [0.05, 0.1) is 19.8 Å². The van der Waals surface area contributed by atoms with Gasteiger partial charge in [-0.15, -0.1) is 0 Å². The Kier molecular flexibility index (Phi) is 10.3. The fourth-order valence-corrected chi connectivity index (χ4v) is 2.98. The highest BCUT2D eigenvalue weighted by molar-refractivity contribution is 5.39. The summed E-state index contributed by atoms with van der Waals surface area (Å²) in [5.41, 5.74) is 1.19. The molecule has 5 heteroatoms. The molecule has 0 radical (unpaired) electrons. The molecule has 0 spiro atoms. The molecule has 2 rings (SSSR count). The van der Waals surface area contributed by atoms with Gasteiger partial charge >= 0.3 is 0 Å².